The Balaban J connectivity index is 1.48. The number of ether oxygens (including phenoxy) is 2. The number of rotatable bonds is 5. The summed E-state index contributed by atoms with van der Waals surface area (Å²) in [7, 11) is 3.05. The van der Waals surface area contributed by atoms with Gasteiger partial charge >= 0.3 is 0 Å². The second-order valence-electron chi connectivity index (χ2n) is 8.52. The van der Waals surface area contributed by atoms with Gasteiger partial charge in [0.2, 0.25) is 11.8 Å². The molecule has 1 N–H and O–H groups in total. The number of allylic oxidation sites excluding steroid dienone is 2. The number of carbonyl (C=O) groups is 3. The number of benzene rings is 2. The summed E-state index contributed by atoms with van der Waals surface area (Å²) in [6.07, 6.45) is 3.00. The molecule has 164 valence electrons. The molecule has 3 amide bonds. The van der Waals surface area contributed by atoms with Gasteiger partial charge in [-0.15, -0.1) is 0 Å². The van der Waals surface area contributed by atoms with Gasteiger partial charge in [0.1, 0.15) is 11.5 Å². The largest absolute Gasteiger partial charge is 0.497 e. The highest BCUT2D eigenvalue weighted by Crippen LogP contribution is 2.56. The van der Waals surface area contributed by atoms with Crippen LogP contribution < -0.4 is 19.7 Å². The molecule has 7 heteroatoms. The Hall–Kier alpha value is -3.61. The van der Waals surface area contributed by atoms with Gasteiger partial charge in [0.15, 0.2) is 0 Å². The number of carbonyl (C=O) groups excluding carboxylic acids is 3. The van der Waals surface area contributed by atoms with E-state index in [0.717, 1.165) is 6.42 Å². The monoisotopic (exact) mass is 432 g/mol. The number of methoxy groups -OCH3 is 2. The van der Waals surface area contributed by atoms with Crippen molar-refractivity contribution in [3.8, 4) is 11.5 Å². The molecule has 0 spiro atoms. The van der Waals surface area contributed by atoms with E-state index in [1.54, 1.807) is 42.5 Å². The van der Waals surface area contributed by atoms with E-state index in [2.05, 4.69) is 11.4 Å². The molecule has 4 atom stereocenters. The Labute approximate surface area is 186 Å². The predicted molar refractivity (Wildman–Crippen MR) is 119 cm³/mol. The third-order valence-electron chi connectivity index (χ3n) is 6.93. The van der Waals surface area contributed by atoms with E-state index < -0.39 is 5.91 Å². The number of hydrogen-bond acceptors (Lipinski definition) is 5. The molecule has 1 saturated heterocycles. The zero-order chi connectivity index (χ0) is 22.6. The summed E-state index contributed by atoms with van der Waals surface area (Å²) >= 11 is 0. The van der Waals surface area contributed by atoms with Crippen molar-refractivity contribution >= 4 is 29.1 Å². The summed E-state index contributed by atoms with van der Waals surface area (Å²) in [6, 6.07) is 11.8. The Morgan fingerprint density at radius 2 is 1.78 bits per heavy atom. The lowest BCUT2D eigenvalue weighted by Gasteiger charge is -2.21. The van der Waals surface area contributed by atoms with Gasteiger partial charge in [0.05, 0.1) is 43.0 Å². The lowest BCUT2D eigenvalue weighted by atomic mass is 9.82. The maximum absolute atomic E-state index is 13.4. The minimum absolute atomic E-state index is 0.105. The summed E-state index contributed by atoms with van der Waals surface area (Å²) in [4.78, 5) is 41.1. The topological polar surface area (TPSA) is 84.9 Å². The molecule has 5 rings (SSSR count). The lowest BCUT2D eigenvalue weighted by Crippen LogP contribution is -2.34. The van der Waals surface area contributed by atoms with E-state index in [0.29, 0.717) is 22.9 Å². The van der Waals surface area contributed by atoms with Crippen LogP contribution in [0.1, 0.15) is 23.7 Å². The highest BCUT2D eigenvalue weighted by molar-refractivity contribution is 6.25. The van der Waals surface area contributed by atoms with Crippen molar-refractivity contribution in [1.29, 1.82) is 0 Å². The fourth-order valence-corrected chi connectivity index (χ4v) is 5.47. The second kappa shape index (κ2) is 7.51. The smallest absolute Gasteiger partial charge is 0.257 e. The van der Waals surface area contributed by atoms with Gasteiger partial charge in [0.25, 0.3) is 5.91 Å². The summed E-state index contributed by atoms with van der Waals surface area (Å²) in [5.41, 5.74) is 2.18. The molecule has 2 aromatic rings. The van der Waals surface area contributed by atoms with Crippen LogP contribution in [0, 0.1) is 23.7 Å². The van der Waals surface area contributed by atoms with Crippen LogP contribution in [0.25, 0.3) is 0 Å². The van der Waals surface area contributed by atoms with Crippen molar-refractivity contribution in [1.82, 2.24) is 0 Å². The summed E-state index contributed by atoms with van der Waals surface area (Å²) in [5.74, 6) is -0.264. The minimum atomic E-state index is -0.443. The van der Waals surface area contributed by atoms with E-state index >= 15 is 0 Å². The van der Waals surface area contributed by atoms with Crippen LogP contribution in [0.4, 0.5) is 11.4 Å². The number of amides is 3. The molecular weight excluding hydrogens is 408 g/mol. The highest BCUT2D eigenvalue weighted by atomic mass is 16.5. The van der Waals surface area contributed by atoms with Crippen LogP contribution in [0.15, 0.2) is 54.1 Å². The van der Waals surface area contributed by atoms with Gasteiger partial charge in [-0.05, 0) is 49.4 Å². The van der Waals surface area contributed by atoms with Crippen molar-refractivity contribution in [3.63, 3.8) is 0 Å². The number of anilines is 2. The Morgan fingerprint density at radius 3 is 2.53 bits per heavy atom. The molecule has 7 nitrogen and oxygen atoms in total. The maximum Gasteiger partial charge on any atom is 0.257 e. The van der Waals surface area contributed by atoms with Crippen LogP contribution in [0.5, 0.6) is 11.5 Å². The van der Waals surface area contributed by atoms with Crippen molar-refractivity contribution < 1.29 is 23.9 Å². The van der Waals surface area contributed by atoms with Gasteiger partial charge in [-0.3, -0.25) is 14.4 Å². The Morgan fingerprint density at radius 1 is 1.03 bits per heavy atom. The van der Waals surface area contributed by atoms with Crippen LogP contribution in [-0.2, 0) is 9.59 Å². The lowest BCUT2D eigenvalue weighted by molar-refractivity contribution is -0.123. The van der Waals surface area contributed by atoms with Gasteiger partial charge < -0.3 is 14.8 Å². The zero-order valence-corrected chi connectivity index (χ0v) is 18.1. The van der Waals surface area contributed by atoms with E-state index in [9.17, 15) is 14.4 Å². The van der Waals surface area contributed by atoms with Crippen LogP contribution in [0.2, 0.25) is 0 Å². The molecule has 1 aliphatic heterocycles. The Bertz CT molecular complexity index is 1170. The molecule has 1 heterocycles. The van der Waals surface area contributed by atoms with Crippen molar-refractivity contribution in [2.75, 3.05) is 24.4 Å². The summed E-state index contributed by atoms with van der Waals surface area (Å²) in [6.45, 7) is 2.03. The standard InChI is InChI=1S/C25H24N2O5/c1-13-10-14-11-17(13)22-21(14)24(29)27(25(22)30)19-7-5-4-6-16(19)23(28)26-18-12-15(31-2)8-9-20(18)32-3/h4-10,12,14,17,21-22H,11H2,1-3H3,(H,26,28)/t14-,17+,21-,22+/m0/s1. The molecule has 2 fully saturated rings. The zero-order valence-electron chi connectivity index (χ0n) is 18.1. The number of para-hydroxylation sites is 1. The number of fused-ring (bicyclic) bond motifs is 5. The third kappa shape index (κ3) is 2.92. The summed E-state index contributed by atoms with van der Waals surface area (Å²) in [5, 5.41) is 2.83. The van der Waals surface area contributed by atoms with Gasteiger partial charge in [-0.25, -0.2) is 4.90 Å². The molecule has 0 aromatic heterocycles. The minimum Gasteiger partial charge on any atom is -0.497 e. The molecule has 2 aliphatic carbocycles. The second-order valence-corrected chi connectivity index (χ2v) is 8.52. The highest BCUT2D eigenvalue weighted by Gasteiger charge is 2.61. The average Bonchev–Trinajstić information content (AvgIpc) is 3.43. The first-order valence-corrected chi connectivity index (χ1v) is 10.6. The SMILES string of the molecule is COc1ccc(OC)c(NC(=O)c2ccccc2N2C(=O)[C@@H]3[C@H](C2=O)[C@@H]2C[C@@H]3C=C2C)c1. The van der Waals surface area contributed by atoms with E-state index in [-0.39, 0.29) is 41.0 Å². The fourth-order valence-electron chi connectivity index (χ4n) is 5.47. The molecule has 0 radical (unpaired) electrons. The van der Waals surface area contributed by atoms with Gasteiger partial charge in [0, 0.05) is 6.07 Å². The number of nitrogens with zero attached hydrogens (tertiary/aromatic N) is 1. The maximum atomic E-state index is 13.4. The van der Waals surface area contributed by atoms with Crippen molar-refractivity contribution in [2.45, 2.75) is 13.3 Å². The molecule has 32 heavy (non-hydrogen) atoms. The summed E-state index contributed by atoms with van der Waals surface area (Å²) < 4.78 is 10.6. The normalized spacial score (nSPS) is 25.6. The Kier molecular flexibility index (Phi) is 4.77. The molecule has 0 unspecified atom stereocenters. The number of imide groups is 1. The molecule has 3 aliphatic rings. The van der Waals surface area contributed by atoms with E-state index in [4.69, 9.17) is 9.47 Å². The van der Waals surface area contributed by atoms with Gasteiger partial charge in [-0.2, -0.15) is 0 Å². The van der Waals surface area contributed by atoms with Crippen LogP contribution in [-0.4, -0.2) is 31.9 Å². The first kappa shape index (κ1) is 20.3. The average molecular weight is 432 g/mol. The van der Waals surface area contributed by atoms with E-state index in [1.165, 1.54) is 24.7 Å². The molecule has 1 saturated carbocycles. The quantitative estimate of drug-likeness (QED) is 0.576. The predicted octanol–water partition coefficient (Wildman–Crippen LogP) is 3.66. The van der Waals surface area contributed by atoms with Crippen molar-refractivity contribution in [2.24, 2.45) is 23.7 Å². The fraction of sp³-hybridized carbons (Fsp3) is 0.320. The molecule has 2 aromatic carbocycles. The van der Waals surface area contributed by atoms with Crippen molar-refractivity contribution in [3.05, 3.63) is 59.7 Å². The third-order valence-corrected chi connectivity index (χ3v) is 6.93. The van der Waals surface area contributed by atoms with E-state index in [1.807, 2.05) is 6.92 Å². The van der Waals surface area contributed by atoms with Crippen LogP contribution in [0.3, 0.4) is 0 Å². The number of hydrogen-bond donors (Lipinski definition) is 1. The number of nitrogens with one attached hydrogen (secondary N) is 1. The van der Waals surface area contributed by atoms with Gasteiger partial charge in [-0.1, -0.05) is 23.8 Å². The van der Waals surface area contributed by atoms with Crippen LogP contribution >= 0.6 is 0 Å². The molecule has 2 bridgehead atoms. The first-order chi connectivity index (χ1) is 15.4. The molecular formula is C25H24N2O5. The first-order valence-electron chi connectivity index (χ1n) is 10.6.